The minimum Gasteiger partial charge on any atom is -0.321 e. The predicted molar refractivity (Wildman–Crippen MR) is 120 cm³/mol. The molecule has 0 saturated heterocycles. The normalized spacial score (nSPS) is 12.6. The Kier molecular flexibility index (Phi) is 5.55. The van der Waals surface area contributed by atoms with Crippen LogP contribution in [0.4, 0.5) is 5.69 Å². The Morgan fingerprint density at radius 2 is 1.94 bits per heavy atom. The molecule has 8 heteroatoms. The summed E-state index contributed by atoms with van der Waals surface area (Å²) in [6.07, 6.45) is 3.00. The molecule has 0 atom stereocenters. The highest BCUT2D eigenvalue weighted by atomic mass is 16.1. The van der Waals surface area contributed by atoms with Crippen LogP contribution in [0.2, 0.25) is 0 Å². The van der Waals surface area contributed by atoms with E-state index in [9.17, 15) is 14.9 Å². The van der Waals surface area contributed by atoms with Gasteiger partial charge in [0.2, 0.25) is 0 Å². The second-order valence-corrected chi connectivity index (χ2v) is 9.43. The largest absolute Gasteiger partial charge is 0.321 e. The van der Waals surface area contributed by atoms with Crippen molar-refractivity contribution in [1.82, 2.24) is 19.7 Å². The Morgan fingerprint density at radius 1 is 1.23 bits per heavy atom. The first kappa shape index (κ1) is 22.0. The number of nitrogens with one attached hydrogen (secondary N) is 2. The molecule has 0 bridgehead atoms. The molecule has 0 spiro atoms. The van der Waals surface area contributed by atoms with E-state index in [4.69, 9.17) is 0 Å². The summed E-state index contributed by atoms with van der Waals surface area (Å²) in [5, 5.41) is 17.2. The summed E-state index contributed by atoms with van der Waals surface area (Å²) in [4.78, 5) is 32.1. The molecule has 2 heterocycles. The van der Waals surface area contributed by atoms with E-state index in [1.165, 1.54) is 6.33 Å². The number of nitrogens with zero attached hydrogens (tertiary/aromatic N) is 4. The lowest BCUT2D eigenvalue weighted by atomic mass is 9.93. The molecular formula is C23H26N6O2. The van der Waals surface area contributed by atoms with E-state index < -0.39 is 5.91 Å². The number of aromatic nitrogens is 4. The Morgan fingerprint density at radius 3 is 2.55 bits per heavy atom. The number of nitriles is 1. The van der Waals surface area contributed by atoms with Gasteiger partial charge in [0.05, 0.1) is 11.9 Å². The molecule has 0 radical (unpaired) electrons. The second-order valence-electron chi connectivity index (χ2n) is 9.43. The first-order valence-electron chi connectivity index (χ1n) is 9.92. The van der Waals surface area contributed by atoms with Gasteiger partial charge in [-0.3, -0.25) is 9.59 Å². The van der Waals surface area contributed by atoms with Crippen LogP contribution in [0.3, 0.4) is 0 Å². The Hall–Kier alpha value is -3.73. The third-order valence-electron chi connectivity index (χ3n) is 4.44. The minimum atomic E-state index is -0.487. The summed E-state index contributed by atoms with van der Waals surface area (Å²) in [6, 6.07) is 8.98. The zero-order valence-electron chi connectivity index (χ0n) is 18.6. The van der Waals surface area contributed by atoms with Gasteiger partial charge in [-0.05, 0) is 38.3 Å². The predicted octanol–water partition coefficient (Wildman–Crippen LogP) is 3.98. The second kappa shape index (κ2) is 7.84. The molecule has 0 fully saturated rings. The van der Waals surface area contributed by atoms with E-state index >= 15 is 0 Å². The summed E-state index contributed by atoms with van der Waals surface area (Å²) in [6.45, 7) is 11.7. The van der Waals surface area contributed by atoms with Gasteiger partial charge >= 0.3 is 0 Å². The van der Waals surface area contributed by atoms with Crippen LogP contribution in [0.25, 0.3) is 22.3 Å². The summed E-state index contributed by atoms with van der Waals surface area (Å²) < 4.78 is 1.72. The van der Waals surface area contributed by atoms with Crippen molar-refractivity contribution in [3.8, 4) is 17.3 Å². The molecule has 160 valence electrons. The summed E-state index contributed by atoms with van der Waals surface area (Å²) >= 11 is 0. The van der Waals surface area contributed by atoms with E-state index in [0.717, 1.165) is 0 Å². The maximum atomic E-state index is 12.6. The maximum absolute atomic E-state index is 12.6. The van der Waals surface area contributed by atoms with Crippen molar-refractivity contribution in [1.29, 1.82) is 5.26 Å². The third-order valence-corrected chi connectivity index (χ3v) is 4.44. The maximum Gasteiger partial charge on any atom is 0.265 e. The van der Waals surface area contributed by atoms with Crippen molar-refractivity contribution in [2.24, 2.45) is 5.41 Å². The van der Waals surface area contributed by atoms with Gasteiger partial charge in [-0.1, -0.05) is 39.0 Å². The number of anilines is 1. The number of H-pyrrole nitrogens is 1. The fourth-order valence-corrected chi connectivity index (χ4v) is 3.16. The molecule has 3 rings (SSSR count). The van der Waals surface area contributed by atoms with Gasteiger partial charge < -0.3 is 10.3 Å². The number of aromatic amines is 1. The van der Waals surface area contributed by atoms with Gasteiger partial charge in [-0.15, -0.1) is 0 Å². The van der Waals surface area contributed by atoms with E-state index in [2.05, 4.69) is 20.4 Å². The Bertz CT molecular complexity index is 1280. The van der Waals surface area contributed by atoms with Crippen LogP contribution in [0.1, 0.15) is 41.5 Å². The van der Waals surface area contributed by atoms with Gasteiger partial charge in [-0.2, -0.15) is 10.4 Å². The number of rotatable bonds is 3. The van der Waals surface area contributed by atoms with Crippen molar-refractivity contribution < 1.29 is 4.79 Å². The number of benzene rings is 1. The lowest BCUT2D eigenvalue weighted by Gasteiger charge is -2.19. The highest BCUT2D eigenvalue weighted by Crippen LogP contribution is 2.29. The molecule has 0 aliphatic carbocycles. The topological polar surface area (TPSA) is 116 Å². The lowest BCUT2D eigenvalue weighted by Crippen LogP contribution is -2.23. The number of carbonyl (C=O) groups excluding carboxylic acids is 1. The molecule has 1 amide bonds. The minimum absolute atomic E-state index is 0.0426. The number of amides is 1. The van der Waals surface area contributed by atoms with Crippen LogP contribution in [0.5, 0.6) is 0 Å². The molecule has 0 saturated carbocycles. The molecule has 0 aliphatic heterocycles. The number of hydrogen-bond acceptors (Lipinski definition) is 5. The van der Waals surface area contributed by atoms with E-state index in [0.29, 0.717) is 28.0 Å². The van der Waals surface area contributed by atoms with E-state index in [1.807, 2.05) is 53.7 Å². The third kappa shape index (κ3) is 4.72. The number of fused-ring (bicyclic) bond motifs is 1. The Labute approximate surface area is 180 Å². The van der Waals surface area contributed by atoms with Crippen molar-refractivity contribution >= 4 is 22.6 Å². The van der Waals surface area contributed by atoms with E-state index in [1.54, 1.807) is 29.0 Å². The van der Waals surface area contributed by atoms with Gasteiger partial charge in [0.15, 0.2) is 5.65 Å². The first-order chi connectivity index (χ1) is 14.4. The molecule has 1 aromatic carbocycles. The van der Waals surface area contributed by atoms with Crippen molar-refractivity contribution in [2.45, 2.75) is 47.1 Å². The number of carbonyl (C=O) groups is 1. The molecule has 8 nitrogen and oxygen atoms in total. The monoisotopic (exact) mass is 418 g/mol. The highest BCUT2D eigenvalue weighted by molar-refractivity contribution is 6.07. The van der Waals surface area contributed by atoms with Gasteiger partial charge in [0.25, 0.3) is 11.5 Å². The lowest BCUT2D eigenvalue weighted by molar-refractivity contribution is -0.112. The number of allylic oxidation sites excluding steroid dienone is 1. The zero-order valence-corrected chi connectivity index (χ0v) is 18.6. The van der Waals surface area contributed by atoms with Crippen molar-refractivity contribution in [3.05, 3.63) is 52.6 Å². The molecule has 0 unspecified atom stereocenters. The fourth-order valence-electron chi connectivity index (χ4n) is 3.16. The van der Waals surface area contributed by atoms with Crippen LogP contribution < -0.4 is 10.9 Å². The standard InChI is InChI=1S/C23H26N6O2/c1-22(2,3)11-15(12-24)20(30)27-16-9-7-8-14(10-16)18-17-19(25-13-26-21(17)31)29(28-18)23(4,5)6/h7-11,13H,1-6H3,(H,27,30)(H,25,26,31)/b15-11+. The average molecular weight is 419 g/mol. The first-order valence-corrected chi connectivity index (χ1v) is 9.92. The van der Waals surface area contributed by atoms with Crippen molar-refractivity contribution in [3.63, 3.8) is 0 Å². The molecule has 3 aromatic rings. The summed E-state index contributed by atoms with van der Waals surface area (Å²) in [7, 11) is 0. The smallest absolute Gasteiger partial charge is 0.265 e. The fraction of sp³-hybridized carbons (Fsp3) is 0.348. The van der Waals surface area contributed by atoms with Gasteiger partial charge in [0.1, 0.15) is 22.7 Å². The molecule has 2 aromatic heterocycles. The molecule has 2 N–H and O–H groups in total. The molecule has 0 aliphatic rings. The van der Waals surface area contributed by atoms with Crippen LogP contribution in [-0.4, -0.2) is 25.7 Å². The zero-order chi connectivity index (χ0) is 23.0. The quantitative estimate of drug-likeness (QED) is 0.493. The van der Waals surface area contributed by atoms with Crippen LogP contribution in [-0.2, 0) is 10.3 Å². The SMILES string of the molecule is CC(C)(C)/C=C(\C#N)C(=O)Nc1cccc(-c2nn(C(C)(C)C)c3nc[nH]c(=O)c23)c1. The Balaban J connectivity index is 2.07. The molecule has 31 heavy (non-hydrogen) atoms. The van der Waals surface area contributed by atoms with Crippen LogP contribution in [0, 0.1) is 16.7 Å². The summed E-state index contributed by atoms with van der Waals surface area (Å²) in [5.74, 6) is -0.487. The van der Waals surface area contributed by atoms with Crippen molar-refractivity contribution in [2.75, 3.05) is 5.32 Å². The summed E-state index contributed by atoms with van der Waals surface area (Å²) in [5.41, 5.74) is 1.17. The van der Waals surface area contributed by atoms with Gasteiger partial charge in [0, 0.05) is 11.3 Å². The van der Waals surface area contributed by atoms with E-state index in [-0.39, 0.29) is 22.1 Å². The number of hydrogen-bond donors (Lipinski definition) is 2. The average Bonchev–Trinajstić information content (AvgIpc) is 3.07. The van der Waals surface area contributed by atoms with Gasteiger partial charge in [-0.25, -0.2) is 9.67 Å². The van der Waals surface area contributed by atoms with Crippen LogP contribution >= 0.6 is 0 Å². The molecular weight excluding hydrogens is 392 g/mol. The van der Waals surface area contributed by atoms with Crippen LogP contribution in [0.15, 0.2) is 47.0 Å². The highest BCUT2D eigenvalue weighted by Gasteiger charge is 2.24.